The van der Waals surface area contributed by atoms with Gasteiger partial charge in [-0.1, -0.05) is 35.0 Å². The van der Waals surface area contributed by atoms with Gasteiger partial charge in [-0.2, -0.15) is 0 Å². The van der Waals surface area contributed by atoms with Crippen molar-refractivity contribution >= 4 is 21.4 Å². The molecule has 3 rings (SSSR count). The van der Waals surface area contributed by atoms with Crippen LogP contribution in [0.25, 0.3) is 11.3 Å². The zero-order valence-electron chi connectivity index (χ0n) is 11.7. The van der Waals surface area contributed by atoms with Crippen LogP contribution in [-0.4, -0.2) is 28.4 Å². The van der Waals surface area contributed by atoms with Crippen LogP contribution in [-0.2, 0) is 16.6 Å². The van der Waals surface area contributed by atoms with Crippen molar-refractivity contribution in [3.05, 3.63) is 46.4 Å². The first-order valence-electron chi connectivity index (χ1n) is 6.36. The van der Waals surface area contributed by atoms with Crippen LogP contribution in [0.3, 0.4) is 0 Å². The highest BCUT2D eigenvalue weighted by Crippen LogP contribution is 2.22. The van der Waals surface area contributed by atoms with Gasteiger partial charge >= 0.3 is 0 Å². The summed E-state index contributed by atoms with van der Waals surface area (Å²) in [6, 6.07) is 8.10. The van der Waals surface area contributed by atoms with Crippen LogP contribution in [0.1, 0.15) is 10.6 Å². The Morgan fingerprint density at radius 3 is 2.64 bits per heavy atom. The molecule has 0 bridgehead atoms. The molecule has 0 saturated heterocycles. The number of nitrogens with two attached hydrogens (primary N) is 1. The first-order chi connectivity index (χ1) is 10.4. The molecule has 7 nitrogen and oxygen atoms in total. The number of nitrogens with zero attached hydrogens (tertiary/aromatic N) is 4. The normalized spacial score (nSPS) is 11.7. The quantitative estimate of drug-likeness (QED) is 0.776. The second-order valence-corrected chi connectivity index (χ2v) is 7.24. The number of aromatic nitrogens is 4. The highest BCUT2D eigenvalue weighted by molar-refractivity contribution is 7.89. The van der Waals surface area contributed by atoms with Crippen molar-refractivity contribution < 1.29 is 8.42 Å². The molecule has 9 heteroatoms. The molecule has 0 saturated carbocycles. The Labute approximate surface area is 131 Å². The average molecular weight is 335 g/mol. The third kappa shape index (κ3) is 3.21. The summed E-state index contributed by atoms with van der Waals surface area (Å²) in [6.45, 7) is 2.38. The smallest absolute Gasteiger partial charge is 0.244 e. The first kappa shape index (κ1) is 14.8. The van der Waals surface area contributed by atoms with Crippen molar-refractivity contribution in [1.82, 2.24) is 20.0 Å². The van der Waals surface area contributed by atoms with E-state index >= 15 is 0 Å². The van der Waals surface area contributed by atoms with Crippen LogP contribution in [0.2, 0.25) is 0 Å². The minimum absolute atomic E-state index is 0.247. The van der Waals surface area contributed by atoms with Gasteiger partial charge in [0.25, 0.3) is 10.0 Å². The van der Waals surface area contributed by atoms with Crippen LogP contribution < -0.4 is 5.14 Å². The van der Waals surface area contributed by atoms with E-state index in [0.717, 1.165) is 16.3 Å². The molecular weight excluding hydrogens is 322 g/mol. The largest absolute Gasteiger partial charge is 0.259 e. The lowest BCUT2D eigenvalue weighted by molar-refractivity contribution is 0.593. The molecule has 0 fully saturated rings. The van der Waals surface area contributed by atoms with E-state index < -0.39 is 10.0 Å². The molecule has 0 aliphatic rings. The maximum absolute atomic E-state index is 11.2. The molecule has 0 aliphatic heterocycles. The second kappa shape index (κ2) is 5.59. The van der Waals surface area contributed by atoms with Crippen molar-refractivity contribution in [2.45, 2.75) is 18.5 Å². The van der Waals surface area contributed by atoms with E-state index in [9.17, 15) is 8.42 Å². The van der Waals surface area contributed by atoms with Gasteiger partial charge in [-0.25, -0.2) is 23.2 Å². The molecule has 2 aromatic heterocycles. The number of aryl methyl sites for hydroxylation is 1. The lowest BCUT2D eigenvalue weighted by Gasteiger charge is -1.97. The minimum atomic E-state index is -3.83. The summed E-state index contributed by atoms with van der Waals surface area (Å²) in [5.41, 5.74) is 3.11. The van der Waals surface area contributed by atoms with Gasteiger partial charge in [-0.3, -0.25) is 0 Å². The topological polar surface area (TPSA) is 104 Å². The van der Waals surface area contributed by atoms with Crippen LogP contribution in [0, 0.1) is 6.92 Å². The summed E-state index contributed by atoms with van der Waals surface area (Å²) >= 11 is 1.48. The summed E-state index contributed by atoms with van der Waals surface area (Å²) in [7, 11) is -3.83. The summed E-state index contributed by atoms with van der Waals surface area (Å²) in [5.74, 6) is 0. The number of hydrogen-bond acceptors (Lipinski definition) is 6. The number of thiazole rings is 1. The Bertz CT molecular complexity index is 897. The maximum Gasteiger partial charge on any atom is 0.259 e. The molecule has 0 atom stereocenters. The molecule has 114 valence electrons. The fraction of sp³-hybridized carbons (Fsp3) is 0.154. The van der Waals surface area contributed by atoms with Crippen molar-refractivity contribution in [2.24, 2.45) is 5.14 Å². The molecule has 1 aromatic carbocycles. The molecule has 22 heavy (non-hydrogen) atoms. The summed E-state index contributed by atoms with van der Waals surface area (Å²) < 4.78 is 23.7. The monoisotopic (exact) mass is 335 g/mol. The molecule has 0 amide bonds. The van der Waals surface area contributed by atoms with E-state index in [2.05, 4.69) is 15.3 Å². The van der Waals surface area contributed by atoms with Gasteiger partial charge in [0, 0.05) is 10.9 Å². The molecule has 0 aliphatic carbocycles. The fourth-order valence-corrected chi connectivity index (χ4v) is 3.08. The SMILES string of the molecule is Cc1ccc(-c2csc(Cn3cc(S(N)(=O)=O)nn3)n2)cc1. The van der Waals surface area contributed by atoms with Gasteiger partial charge in [-0.05, 0) is 6.92 Å². The van der Waals surface area contributed by atoms with E-state index in [1.807, 2.05) is 36.6 Å². The predicted octanol–water partition coefficient (Wildman–Crippen LogP) is 1.41. The van der Waals surface area contributed by atoms with Gasteiger partial charge in [0.15, 0.2) is 0 Å². The summed E-state index contributed by atoms with van der Waals surface area (Å²) in [5, 5.41) is 14.8. The number of benzene rings is 1. The predicted molar refractivity (Wildman–Crippen MR) is 82.8 cm³/mol. The number of primary sulfonamides is 1. The standard InChI is InChI=1S/C13H13N5O2S2/c1-9-2-4-10(5-3-9)11-8-21-12(15-11)6-18-7-13(16-17-18)22(14,19)20/h2-5,7-8H,6H2,1H3,(H2,14,19,20). The van der Waals surface area contributed by atoms with Gasteiger partial charge in [0.05, 0.1) is 18.4 Å². The Morgan fingerprint density at radius 1 is 1.27 bits per heavy atom. The molecule has 2 heterocycles. The molecule has 2 N–H and O–H groups in total. The van der Waals surface area contributed by atoms with Crippen LogP contribution in [0.15, 0.2) is 40.9 Å². The summed E-state index contributed by atoms with van der Waals surface area (Å²) in [4.78, 5) is 4.53. The minimum Gasteiger partial charge on any atom is -0.244 e. The van der Waals surface area contributed by atoms with Crippen molar-refractivity contribution in [1.29, 1.82) is 0 Å². The van der Waals surface area contributed by atoms with E-state index in [4.69, 9.17) is 5.14 Å². The van der Waals surface area contributed by atoms with E-state index in [1.165, 1.54) is 27.8 Å². The fourth-order valence-electron chi connectivity index (χ4n) is 1.87. The van der Waals surface area contributed by atoms with Crippen molar-refractivity contribution in [2.75, 3.05) is 0 Å². The molecular formula is C13H13N5O2S2. The zero-order valence-corrected chi connectivity index (χ0v) is 13.3. The lowest BCUT2D eigenvalue weighted by atomic mass is 10.1. The van der Waals surface area contributed by atoms with Gasteiger partial charge in [0.1, 0.15) is 5.01 Å². The van der Waals surface area contributed by atoms with Crippen LogP contribution >= 0.6 is 11.3 Å². The van der Waals surface area contributed by atoms with Gasteiger partial charge in [-0.15, -0.1) is 16.4 Å². The highest BCUT2D eigenvalue weighted by atomic mass is 32.2. The average Bonchev–Trinajstić information content (AvgIpc) is 3.09. The highest BCUT2D eigenvalue weighted by Gasteiger charge is 2.13. The molecule has 3 aromatic rings. The van der Waals surface area contributed by atoms with Crippen LogP contribution in [0.5, 0.6) is 0 Å². The van der Waals surface area contributed by atoms with E-state index in [-0.39, 0.29) is 5.03 Å². The van der Waals surface area contributed by atoms with Crippen molar-refractivity contribution in [3.63, 3.8) is 0 Å². The van der Waals surface area contributed by atoms with Crippen molar-refractivity contribution in [3.8, 4) is 11.3 Å². The van der Waals surface area contributed by atoms with Gasteiger partial charge in [0.2, 0.25) is 5.03 Å². The molecule has 0 spiro atoms. The van der Waals surface area contributed by atoms with Crippen LogP contribution in [0.4, 0.5) is 0 Å². The molecule has 0 unspecified atom stereocenters. The number of sulfonamides is 1. The summed E-state index contributed by atoms with van der Waals surface area (Å²) in [6.07, 6.45) is 1.29. The third-order valence-corrected chi connectivity index (χ3v) is 4.61. The lowest BCUT2D eigenvalue weighted by Crippen LogP contribution is -2.12. The van der Waals surface area contributed by atoms with E-state index in [1.54, 1.807) is 0 Å². The Morgan fingerprint density at radius 2 is 2.00 bits per heavy atom. The third-order valence-electron chi connectivity index (χ3n) is 3.01. The first-order valence-corrected chi connectivity index (χ1v) is 8.79. The number of hydrogen-bond donors (Lipinski definition) is 1. The maximum atomic E-state index is 11.2. The molecule has 0 radical (unpaired) electrons. The van der Waals surface area contributed by atoms with Gasteiger partial charge < -0.3 is 0 Å². The van der Waals surface area contributed by atoms with E-state index in [0.29, 0.717) is 6.54 Å². The zero-order chi connectivity index (χ0) is 15.7. The second-order valence-electron chi connectivity index (χ2n) is 4.79. The Kier molecular flexibility index (Phi) is 3.77. The Balaban J connectivity index is 1.80. The number of rotatable bonds is 4. The Hall–Kier alpha value is -2.10.